The number of amides is 1. The Hall–Kier alpha value is -1.81. The van der Waals surface area contributed by atoms with E-state index in [2.05, 4.69) is 54.6 Å². The minimum Gasteiger partial charge on any atom is -0.347 e. The Kier molecular flexibility index (Phi) is 4.14. The quantitative estimate of drug-likeness (QED) is 0.902. The molecule has 2 heterocycles. The lowest BCUT2D eigenvalue weighted by molar-refractivity contribution is 0.0708. The number of likely N-dealkylation sites (tertiary alicyclic amines) is 1. The van der Waals surface area contributed by atoms with E-state index in [0.717, 1.165) is 43.3 Å². The van der Waals surface area contributed by atoms with Crippen LogP contribution in [0.4, 0.5) is 0 Å². The van der Waals surface area contributed by atoms with Gasteiger partial charge in [-0.1, -0.05) is 20.8 Å². The van der Waals surface area contributed by atoms with Crippen molar-refractivity contribution in [2.45, 2.75) is 59.0 Å². The fourth-order valence-corrected chi connectivity index (χ4v) is 5.65. The van der Waals surface area contributed by atoms with Gasteiger partial charge in [0.2, 0.25) is 0 Å². The first-order valence-electron chi connectivity index (χ1n) is 9.90. The van der Waals surface area contributed by atoms with Gasteiger partial charge in [0, 0.05) is 41.8 Å². The van der Waals surface area contributed by atoms with Gasteiger partial charge in [-0.3, -0.25) is 4.79 Å². The Morgan fingerprint density at radius 1 is 1.23 bits per heavy atom. The van der Waals surface area contributed by atoms with Crippen LogP contribution < -0.4 is 5.73 Å². The summed E-state index contributed by atoms with van der Waals surface area (Å²) in [6.07, 6.45) is 6.55. The van der Waals surface area contributed by atoms with Gasteiger partial charge in [0.25, 0.3) is 5.91 Å². The molecule has 2 fully saturated rings. The number of fused-ring (bicyclic) bond motifs is 3. The molecule has 1 aromatic carbocycles. The normalized spacial score (nSPS) is 27.2. The zero-order valence-electron chi connectivity index (χ0n) is 16.3. The Morgan fingerprint density at radius 2 is 2.04 bits per heavy atom. The molecule has 1 saturated carbocycles. The fourth-order valence-electron chi connectivity index (χ4n) is 5.65. The first-order chi connectivity index (χ1) is 12.3. The molecule has 4 nitrogen and oxygen atoms in total. The monoisotopic (exact) mass is 353 g/mol. The SMILES string of the molecule is CC1(C)CC2CC(C)(CN2C(=O)c2ccc3c(ccn3CCCN)c2)C1. The van der Waals surface area contributed by atoms with Gasteiger partial charge in [0.1, 0.15) is 0 Å². The third-order valence-corrected chi connectivity index (χ3v) is 6.30. The average molecular weight is 354 g/mol. The number of aromatic nitrogens is 1. The summed E-state index contributed by atoms with van der Waals surface area (Å²) in [6.45, 7) is 9.57. The molecule has 1 aromatic heterocycles. The largest absolute Gasteiger partial charge is 0.347 e. The molecule has 26 heavy (non-hydrogen) atoms. The van der Waals surface area contributed by atoms with Gasteiger partial charge < -0.3 is 15.2 Å². The van der Waals surface area contributed by atoms with Gasteiger partial charge in [-0.2, -0.15) is 0 Å². The number of nitrogens with zero attached hydrogens (tertiary/aromatic N) is 2. The Labute approximate surface area is 156 Å². The third kappa shape index (κ3) is 3.05. The van der Waals surface area contributed by atoms with Crippen molar-refractivity contribution in [3.63, 3.8) is 0 Å². The van der Waals surface area contributed by atoms with E-state index >= 15 is 0 Å². The maximum absolute atomic E-state index is 13.3. The summed E-state index contributed by atoms with van der Waals surface area (Å²) in [4.78, 5) is 15.4. The van der Waals surface area contributed by atoms with Crippen LogP contribution in [0.25, 0.3) is 10.9 Å². The molecule has 140 valence electrons. The van der Waals surface area contributed by atoms with Crippen molar-refractivity contribution in [2.75, 3.05) is 13.1 Å². The number of hydrogen-bond donors (Lipinski definition) is 1. The minimum atomic E-state index is 0.202. The van der Waals surface area contributed by atoms with E-state index in [1.165, 1.54) is 11.9 Å². The first kappa shape index (κ1) is 17.6. The molecule has 2 atom stereocenters. The standard InChI is InChI=1S/C22H31N3O/c1-21(2)12-18-13-22(3,14-21)15-25(18)20(26)17-5-6-19-16(11-17)7-10-24(19)9-4-8-23/h5-7,10-11,18H,4,8-9,12-15,23H2,1-3H3. The van der Waals surface area contributed by atoms with Crippen molar-refractivity contribution in [1.29, 1.82) is 0 Å². The number of carbonyl (C=O) groups excluding carboxylic acids is 1. The number of nitrogens with two attached hydrogens (primary N) is 1. The van der Waals surface area contributed by atoms with Crippen LogP contribution in [0.3, 0.4) is 0 Å². The van der Waals surface area contributed by atoms with E-state index < -0.39 is 0 Å². The smallest absolute Gasteiger partial charge is 0.254 e. The van der Waals surface area contributed by atoms with E-state index in [1.807, 2.05) is 6.07 Å². The maximum atomic E-state index is 13.3. The van der Waals surface area contributed by atoms with Crippen molar-refractivity contribution in [3.8, 4) is 0 Å². The molecule has 0 radical (unpaired) electrons. The molecule has 4 heteroatoms. The second-order valence-corrected chi connectivity index (χ2v) is 9.57. The average Bonchev–Trinajstić information content (AvgIpc) is 3.08. The highest BCUT2D eigenvalue weighted by Gasteiger charge is 2.51. The summed E-state index contributed by atoms with van der Waals surface area (Å²) >= 11 is 0. The van der Waals surface area contributed by atoms with Crippen LogP contribution in [0.1, 0.15) is 56.8 Å². The topological polar surface area (TPSA) is 51.3 Å². The van der Waals surface area contributed by atoms with E-state index in [9.17, 15) is 4.79 Å². The molecular weight excluding hydrogens is 322 g/mol. The van der Waals surface area contributed by atoms with Crippen LogP contribution in [0.2, 0.25) is 0 Å². The maximum Gasteiger partial charge on any atom is 0.254 e. The third-order valence-electron chi connectivity index (χ3n) is 6.30. The molecule has 4 rings (SSSR count). The molecule has 1 aliphatic heterocycles. The minimum absolute atomic E-state index is 0.202. The summed E-state index contributed by atoms with van der Waals surface area (Å²) in [5.41, 5.74) is 8.24. The first-order valence-corrected chi connectivity index (χ1v) is 9.90. The summed E-state index contributed by atoms with van der Waals surface area (Å²) < 4.78 is 2.23. The summed E-state index contributed by atoms with van der Waals surface area (Å²) in [5, 5.41) is 1.14. The van der Waals surface area contributed by atoms with Crippen molar-refractivity contribution in [3.05, 3.63) is 36.0 Å². The van der Waals surface area contributed by atoms with Crippen molar-refractivity contribution in [1.82, 2.24) is 9.47 Å². The number of hydrogen-bond acceptors (Lipinski definition) is 2. The summed E-state index contributed by atoms with van der Waals surface area (Å²) in [7, 11) is 0. The molecule has 1 aliphatic carbocycles. The van der Waals surface area contributed by atoms with Gasteiger partial charge in [-0.05, 0) is 67.3 Å². The molecule has 2 unspecified atom stereocenters. The second-order valence-electron chi connectivity index (χ2n) is 9.57. The van der Waals surface area contributed by atoms with E-state index in [0.29, 0.717) is 18.0 Å². The van der Waals surface area contributed by atoms with E-state index in [4.69, 9.17) is 5.73 Å². The van der Waals surface area contributed by atoms with E-state index in [1.54, 1.807) is 0 Å². The number of carbonyl (C=O) groups is 1. The van der Waals surface area contributed by atoms with Crippen LogP contribution in [0.5, 0.6) is 0 Å². The van der Waals surface area contributed by atoms with E-state index in [-0.39, 0.29) is 11.3 Å². The highest BCUT2D eigenvalue weighted by Crippen LogP contribution is 2.52. The zero-order valence-corrected chi connectivity index (χ0v) is 16.3. The molecule has 2 bridgehead atoms. The van der Waals surface area contributed by atoms with Crippen LogP contribution in [0.15, 0.2) is 30.5 Å². The van der Waals surface area contributed by atoms with Gasteiger partial charge >= 0.3 is 0 Å². The van der Waals surface area contributed by atoms with Crippen LogP contribution in [0, 0.1) is 10.8 Å². The van der Waals surface area contributed by atoms with Gasteiger partial charge in [0.05, 0.1) is 0 Å². The van der Waals surface area contributed by atoms with Gasteiger partial charge in [-0.25, -0.2) is 0 Å². The fraction of sp³-hybridized carbons (Fsp3) is 0.591. The number of benzene rings is 1. The number of aryl methyl sites for hydroxylation is 1. The molecule has 1 amide bonds. The van der Waals surface area contributed by atoms with Gasteiger partial charge in [-0.15, -0.1) is 0 Å². The Morgan fingerprint density at radius 3 is 2.81 bits per heavy atom. The molecule has 0 spiro atoms. The molecule has 2 aliphatic rings. The lowest BCUT2D eigenvalue weighted by Gasteiger charge is -2.39. The lowest BCUT2D eigenvalue weighted by atomic mass is 9.65. The van der Waals surface area contributed by atoms with Crippen molar-refractivity contribution < 1.29 is 4.79 Å². The predicted octanol–water partition coefficient (Wildman–Crippen LogP) is 4.03. The van der Waals surface area contributed by atoms with Gasteiger partial charge in [0.15, 0.2) is 0 Å². The number of rotatable bonds is 4. The van der Waals surface area contributed by atoms with Crippen LogP contribution in [-0.4, -0.2) is 34.5 Å². The highest BCUT2D eigenvalue weighted by molar-refractivity contribution is 5.98. The van der Waals surface area contributed by atoms with Crippen molar-refractivity contribution in [2.24, 2.45) is 16.6 Å². The van der Waals surface area contributed by atoms with Crippen LogP contribution >= 0.6 is 0 Å². The zero-order chi connectivity index (χ0) is 18.5. The Balaban J connectivity index is 1.59. The molecular formula is C22H31N3O. The summed E-state index contributed by atoms with van der Waals surface area (Å²) in [5.74, 6) is 0.202. The second kappa shape index (κ2) is 6.12. The molecule has 2 N–H and O–H groups in total. The molecule has 1 saturated heterocycles. The lowest BCUT2D eigenvalue weighted by Crippen LogP contribution is -2.37. The molecule has 2 aromatic rings. The summed E-state index contributed by atoms with van der Waals surface area (Å²) in [6, 6.07) is 8.65. The van der Waals surface area contributed by atoms with Crippen molar-refractivity contribution >= 4 is 16.8 Å². The van der Waals surface area contributed by atoms with Crippen LogP contribution in [-0.2, 0) is 6.54 Å². The highest BCUT2D eigenvalue weighted by atomic mass is 16.2. The Bertz CT molecular complexity index is 837. The predicted molar refractivity (Wildman–Crippen MR) is 106 cm³/mol.